The van der Waals surface area contributed by atoms with Gasteiger partial charge in [0.2, 0.25) is 0 Å². The summed E-state index contributed by atoms with van der Waals surface area (Å²) in [5.74, 6) is 0.583. The number of anilines is 1. The van der Waals surface area contributed by atoms with Crippen LogP contribution in [0.2, 0.25) is 0 Å². The minimum atomic E-state index is -0.517. The summed E-state index contributed by atoms with van der Waals surface area (Å²) < 4.78 is 10.6. The molecule has 6 nitrogen and oxygen atoms in total. The van der Waals surface area contributed by atoms with E-state index in [0.29, 0.717) is 12.3 Å². The van der Waals surface area contributed by atoms with Crippen LogP contribution >= 0.6 is 0 Å². The first-order chi connectivity index (χ1) is 16.7. The molecule has 0 saturated heterocycles. The number of aromatic amines is 1. The fraction of sp³-hybridized carbons (Fsp3) is 0.143. The zero-order chi connectivity index (χ0) is 23.4. The molecule has 6 heteroatoms. The van der Waals surface area contributed by atoms with Crippen molar-refractivity contribution >= 4 is 18.4 Å². The molecule has 0 radical (unpaired) electrons. The third-order valence-electron chi connectivity index (χ3n) is 6.10. The highest BCUT2D eigenvalue weighted by atomic mass is 16.6. The summed E-state index contributed by atoms with van der Waals surface area (Å²) in [5.41, 5.74) is 5.53. The van der Waals surface area contributed by atoms with E-state index in [1.807, 2.05) is 84.9 Å². The maximum absolute atomic E-state index is 12.3. The highest BCUT2D eigenvalue weighted by molar-refractivity contribution is 5.90. The van der Waals surface area contributed by atoms with E-state index in [2.05, 4.69) is 10.3 Å². The number of nitrogens with one attached hydrogen (secondary N) is 2. The minimum Gasteiger partial charge on any atom is -0.456 e. The molecule has 3 aromatic carbocycles. The first-order valence-corrected chi connectivity index (χ1v) is 11.1. The van der Waals surface area contributed by atoms with Gasteiger partial charge in [-0.1, -0.05) is 78.9 Å². The van der Waals surface area contributed by atoms with Gasteiger partial charge in [-0.05, 0) is 46.7 Å². The monoisotopic (exact) mass is 452 g/mol. The third kappa shape index (κ3) is 4.57. The zero-order valence-corrected chi connectivity index (χ0v) is 18.5. The molecule has 4 aromatic rings. The van der Waals surface area contributed by atoms with Crippen molar-refractivity contribution in [2.75, 3.05) is 5.32 Å². The lowest BCUT2D eigenvalue weighted by atomic mass is 9.99. The summed E-state index contributed by atoms with van der Waals surface area (Å²) in [6.07, 6.45) is 3.00. The van der Waals surface area contributed by atoms with Crippen LogP contribution in [0.4, 0.5) is 10.6 Å². The average Bonchev–Trinajstić information content (AvgIpc) is 3.53. The number of hydrogen-bond acceptors (Lipinski definition) is 4. The maximum Gasteiger partial charge on any atom is 0.413 e. The first-order valence-electron chi connectivity index (χ1n) is 11.1. The summed E-state index contributed by atoms with van der Waals surface area (Å²) in [5, 5.41) is 2.79. The molecule has 0 aliphatic heterocycles. The van der Waals surface area contributed by atoms with Crippen molar-refractivity contribution in [1.82, 2.24) is 4.98 Å². The Morgan fingerprint density at radius 3 is 2.18 bits per heavy atom. The van der Waals surface area contributed by atoms with Crippen molar-refractivity contribution in [2.45, 2.75) is 25.0 Å². The highest BCUT2D eigenvalue weighted by Crippen LogP contribution is 2.49. The lowest BCUT2D eigenvalue weighted by Gasteiger charge is -2.14. The number of H-pyrrole nitrogens is 1. The van der Waals surface area contributed by atoms with Crippen molar-refractivity contribution in [1.29, 1.82) is 0 Å². The van der Waals surface area contributed by atoms with E-state index in [-0.39, 0.29) is 6.61 Å². The fourth-order valence-electron chi connectivity index (χ4n) is 4.06. The van der Waals surface area contributed by atoms with Crippen LogP contribution in [0.25, 0.3) is 22.3 Å². The lowest BCUT2D eigenvalue weighted by Crippen LogP contribution is -2.14. The van der Waals surface area contributed by atoms with E-state index in [1.165, 1.54) is 0 Å². The summed E-state index contributed by atoms with van der Waals surface area (Å²) >= 11 is 0. The average molecular weight is 453 g/mol. The quantitative estimate of drug-likeness (QED) is 0.309. The van der Waals surface area contributed by atoms with Crippen molar-refractivity contribution in [2.24, 2.45) is 0 Å². The minimum absolute atomic E-state index is 0.207. The third-order valence-corrected chi connectivity index (χ3v) is 6.10. The number of aromatic nitrogens is 1. The second kappa shape index (κ2) is 9.27. The van der Waals surface area contributed by atoms with Gasteiger partial charge in [-0.15, -0.1) is 0 Å². The summed E-state index contributed by atoms with van der Waals surface area (Å²) in [7, 11) is 0. The topological polar surface area (TPSA) is 80.4 Å². The van der Waals surface area contributed by atoms with Crippen LogP contribution in [0.15, 0.2) is 91.1 Å². The Labute approximate surface area is 197 Å². The molecule has 1 amide bonds. The standard InChI is InChI=1S/C28H24N2O4/c31-19-34-28(15-16-28)24-12-10-22(11-13-24)21-6-8-23(9-7-21)25-14-17-29-26(25)30-27(32)33-18-20-4-2-1-3-5-20/h1-14,17,19,29H,15-16,18H2,(H,30,32). The lowest BCUT2D eigenvalue weighted by molar-refractivity contribution is -0.136. The van der Waals surface area contributed by atoms with Crippen molar-refractivity contribution in [3.05, 3.63) is 102 Å². The Bertz CT molecular complexity index is 1270. The predicted octanol–water partition coefficient (Wildman–Crippen LogP) is 6.26. The van der Waals surface area contributed by atoms with Gasteiger partial charge < -0.3 is 14.5 Å². The number of rotatable bonds is 8. The number of benzene rings is 3. The molecule has 0 atom stereocenters. The van der Waals surface area contributed by atoms with E-state index in [1.54, 1.807) is 6.20 Å². The molecular formula is C28H24N2O4. The van der Waals surface area contributed by atoms with E-state index in [9.17, 15) is 9.59 Å². The Hall–Kier alpha value is -4.32. The largest absolute Gasteiger partial charge is 0.456 e. The SMILES string of the molecule is O=COC1(c2ccc(-c3ccc(-c4cc[nH]c4NC(=O)OCc4ccccc4)cc3)cc2)CC1. The normalized spacial score (nSPS) is 13.6. The Morgan fingerprint density at radius 2 is 1.53 bits per heavy atom. The van der Waals surface area contributed by atoms with Gasteiger partial charge in [0.25, 0.3) is 6.47 Å². The fourth-order valence-corrected chi connectivity index (χ4v) is 4.06. The number of carbonyl (C=O) groups is 2. The molecule has 2 N–H and O–H groups in total. The molecule has 0 spiro atoms. The van der Waals surface area contributed by atoms with Gasteiger partial charge in [0.15, 0.2) is 0 Å². The number of hydrogen-bond donors (Lipinski definition) is 2. The molecule has 1 fully saturated rings. The van der Waals surface area contributed by atoms with Crippen LogP contribution in [0.5, 0.6) is 0 Å². The smallest absolute Gasteiger partial charge is 0.413 e. The van der Waals surface area contributed by atoms with Crippen LogP contribution in [0.3, 0.4) is 0 Å². The second-order valence-electron chi connectivity index (χ2n) is 8.32. The predicted molar refractivity (Wildman–Crippen MR) is 130 cm³/mol. The number of ether oxygens (including phenoxy) is 2. The van der Waals surface area contributed by atoms with Crippen LogP contribution in [0.1, 0.15) is 24.0 Å². The first kappa shape index (κ1) is 21.5. The van der Waals surface area contributed by atoms with Crippen LogP contribution in [-0.2, 0) is 26.5 Å². The van der Waals surface area contributed by atoms with Gasteiger partial charge in [0.1, 0.15) is 18.0 Å². The van der Waals surface area contributed by atoms with Crippen LogP contribution in [0, 0.1) is 0 Å². The van der Waals surface area contributed by atoms with Gasteiger partial charge in [-0.2, -0.15) is 0 Å². The molecule has 0 bridgehead atoms. The Balaban J connectivity index is 1.25. The van der Waals surface area contributed by atoms with Gasteiger partial charge in [-0.25, -0.2) is 4.79 Å². The van der Waals surface area contributed by atoms with E-state index < -0.39 is 11.7 Å². The molecule has 34 heavy (non-hydrogen) atoms. The summed E-state index contributed by atoms with van der Waals surface area (Å²) in [4.78, 5) is 26.1. The van der Waals surface area contributed by atoms with Gasteiger partial charge in [0, 0.05) is 11.8 Å². The molecule has 0 unspecified atom stereocenters. The van der Waals surface area contributed by atoms with Gasteiger partial charge in [-0.3, -0.25) is 10.1 Å². The van der Waals surface area contributed by atoms with E-state index in [4.69, 9.17) is 9.47 Å². The molecular weight excluding hydrogens is 428 g/mol. The molecule has 1 aliphatic carbocycles. The van der Waals surface area contributed by atoms with E-state index in [0.717, 1.165) is 46.2 Å². The summed E-state index contributed by atoms with van der Waals surface area (Å²) in [6.45, 7) is 0.741. The van der Waals surface area contributed by atoms with Crippen molar-refractivity contribution in [3.8, 4) is 22.3 Å². The number of carbonyl (C=O) groups excluding carboxylic acids is 2. The molecule has 170 valence electrons. The summed E-state index contributed by atoms with van der Waals surface area (Å²) in [6, 6.07) is 27.7. The number of amides is 1. The molecule has 1 aromatic heterocycles. The zero-order valence-electron chi connectivity index (χ0n) is 18.5. The Kier molecular flexibility index (Phi) is 5.87. The second-order valence-corrected chi connectivity index (χ2v) is 8.32. The molecule has 1 aliphatic rings. The van der Waals surface area contributed by atoms with Crippen molar-refractivity contribution in [3.63, 3.8) is 0 Å². The van der Waals surface area contributed by atoms with Gasteiger partial charge >= 0.3 is 6.09 Å². The van der Waals surface area contributed by atoms with Crippen LogP contribution in [-0.4, -0.2) is 17.5 Å². The molecule has 5 rings (SSSR count). The maximum atomic E-state index is 12.3. The highest BCUT2D eigenvalue weighted by Gasteiger charge is 2.46. The Morgan fingerprint density at radius 1 is 0.882 bits per heavy atom. The molecule has 1 heterocycles. The van der Waals surface area contributed by atoms with Crippen LogP contribution < -0.4 is 5.32 Å². The van der Waals surface area contributed by atoms with Crippen molar-refractivity contribution < 1.29 is 19.1 Å². The van der Waals surface area contributed by atoms with Gasteiger partial charge in [0.05, 0.1) is 0 Å². The van der Waals surface area contributed by atoms with E-state index >= 15 is 0 Å². The molecule has 1 saturated carbocycles.